The van der Waals surface area contributed by atoms with Crippen molar-refractivity contribution in [2.24, 2.45) is 0 Å². The zero-order valence-electron chi connectivity index (χ0n) is 18.6. The molecule has 7 heteroatoms. The number of carbonyl (C=O) groups is 1. The lowest BCUT2D eigenvalue weighted by Gasteiger charge is -2.08. The number of aryl methyl sites for hydroxylation is 1. The molecular formula is C26H24N2O4S. The Morgan fingerprint density at radius 3 is 2.18 bits per heavy atom. The molecule has 0 spiro atoms. The molecule has 0 saturated heterocycles. The highest BCUT2D eigenvalue weighted by Gasteiger charge is 2.11. The van der Waals surface area contributed by atoms with Crippen molar-refractivity contribution in [3.8, 4) is 39.6 Å². The van der Waals surface area contributed by atoms with E-state index in [1.54, 1.807) is 14.2 Å². The SMILES string of the molecule is COc1ccc(-c2csc(NC(=O)COc3ccc(-c4ccc(C)cc4)cc3)n2)cc1OC. The lowest BCUT2D eigenvalue weighted by atomic mass is 10.0. The van der Waals surface area contributed by atoms with Gasteiger partial charge in [-0.15, -0.1) is 11.3 Å². The topological polar surface area (TPSA) is 69.7 Å². The number of anilines is 1. The molecule has 0 atom stereocenters. The fourth-order valence-electron chi connectivity index (χ4n) is 3.25. The molecule has 1 heterocycles. The van der Waals surface area contributed by atoms with Crippen LogP contribution in [0.15, 0.2) is 72.1 Å². The van der Waals surface area contributed by atoms with E-state index in [1.165, 1.54) is 16.9 Å². The molecule has 168 valence electrons. The van der Waals surface area contributed by atoms with Crippen molar-refractivity contribution in [2.45, 2.75) is 6.92 Å². The summed E-state index contributed by atoms with van der Waals surface area (Å²) in [5, 5.41) is 5.16. The van der Waals surface area contributed by atoms with E-state index in [-0.39, 0.29) is 12.5 Å². The second-order valence-electron chi connectivity index (χ2n) is 7.33. The largest absolute Gasteiger partial charge is 0.493 e. The molecule has 0 bridgehead atoms. The van der Waals surface area contributed by atoms with E-state index >= 15 is 0 Å². The third-order valence-electron chi connectivity index (χ3n) is 5.04. The van der Waals surface area contributed by atoms with Gasteiger partial charge >= 0.3 is 0 Å². The molecule has 1 aromatic heterocycles. The standard InChI is InChI=1S/C26H24N2O4S/c1-17-4-6-18(7-5-17)19-8-11-21(12-9-19)32-15-25(29)28-26-27-22(16-33-26)20-10-13-23(30-2)24(14-20)31-3/h4-14,16H,15H2,1-3H3,(H,27,28,29). The first-order valence-electron chi connectivity index (χ1n) is 10.3. The summed E-state index contributed by atoms with van der Waals surface area (Å²) in [5.74, 6) is 1.63. The van der Waals surface area contributed by atoms with Gasteiger partial charge in [0.2, 0.25) is 0 Å². The van der Waals surface area contributed by atoms with Crippen LogP contribution in [0.25, 0.3) is 22.4 Å². The van der Waals surface area contributed by atoms with Gasteiger partial charge in [0.05, 0.1) is 19.9 Å². The summed E-state index contributed by atoms with van der Waals surface area (Å²) in [6.07, 6.45) is 0. The van der Waals surface area contributed by atoms with E-state index in [1.807, 2.05) is 47.8 Å². The zero-order chi connectivity index (χ0) is 23.2. The maximum Gasteiger partial charge on any atom is 0.264 e. The minimum absolute atomic E-state index is 0.102. The maximum absolute atomic E-state index is 12.3. The monoisotopic (exact) mass is 460 g/mol. The molecule has 0 aliphatic heterocycles. The van der Waals surface area contributed by atoms with Gasteiger partial charge in [-0.1, -0.05) is 42.0 Å². The van der Waals surface area contributed by atoms with Crippen molar-refractivity contribution in [2.75, 3.05) is 26.1 Å². The molecule has 0 saturated carbocycles. The highest BCUT2D eigenvalue weighted by atomic mass is 32.1. The first kappa shape index (κ1) is 22.4. The van der Waals surface area contributed by atoms with E-state index in [9.17, 15) is 4.79 Å². The molecule has 1 amide bonds. The van der Waals surface area contributed by atoms with Gasteiger partial charge in [-0.05, 0) is 48.4 Å². The van der Waals surface area contributed by atoms with Crippen molar-refractivity contribution in [1.82, 2.24) is 4.98 Å². The third kappa shape index (κ3) is 5.51. The van der Waals surface area contributed by atoms with Gasteiger partial charge < -0.3 is 14.2 Å². The van der Waals surface area contributed by atoms with E-state index in [0.29, 0.717) is 22.4 Å². The number of ether oxygens (including phenoxy) is 3. The third-order valence-corrected chi connectivity index (χ3v) is 5.80. The second-order valence-corrected chi connectivity index (χ2v) is 8.19. The van der Waals surface area contributed by atoms with Crippen LogP contribution < -0.4 is 19.5 Å². The summed E-state index contributed by atoms with van der Waals surface area (Å²) in [7, 11) is 3.18. The van der Waals surface area contributed by atoms with E-state index in [4.69, 9.17) is 14.2 Å². The Kier molecular flexibility index (Phi) is 6.90. The molecule has 1 N–H and O–H groups in total. The first-order valence-corrected chi connectivity index (χ1v) is 11.2. The van der Waals surface area contributed by atoms with Crippen molar-refractivity contribution >= 4 is 22.4 Å². The molecule has 0 radical (unpaired) electrons. The Bertz CT molecular complexity index is 1230. The Morgan fingerprint density at radius 1 is 0.879 bits per heavy atom. The van der Waals surface area contributed by atoms with Crippen LogP contribution in [0.4, 0.5) is 5.13 Å². The number of benzene rings is 3. The molecule has 0 fully saturated rings. The predicted molar refractivity (Wildman–Crippen MR) is 131 cm³/mol. The van der Waals surface area contributed by atoms with E-state index in [2.05, 4.69) is 41.5 Å². The number of rotatable bonds is 8. The molecule has 4 aromatic rings. The molecule has 0 unspecified atom stereocenters. The fourth-order valence-corrected chi connectivity index (χ4v) is 3.99. The predicted octanol–water partition coefficient (Wildman–Crippen LogP) is 5.82. The van der Waals surface area contributed by atoms with Crippen LogP contribution in [0.2, 0.25) is 0 Å². The smallest absolute Gasteiger partial charge is 0.264 e. The van der Waals surface area contributed by atoms with Crippen LogP contribution >= 0.6 is 11.3 Å². The van der Waals surface area contributed by atoms with Gasteiger partial charge in [0, 0.05) is 10.9 Å². The summed E-state index contributed by atoms with van der Waals surface area (Å²) in [4.78, 5) is 16.8. The highest BCUT2D eigenvalue weighted by molar-refractivity contribution is 7.14. The molecule has 0 aliphatic rings. The Labute approximate surface area is 196 Å². The van der Waals surface area contributed by atoms with Gasteiger partial charge in [-0.25, -0.2) is 4.98 Å². The molecular weight excluding hydrogens is 436 g/mol. The number of amides is 1. The van der Waals surface area contributed by atoms with Gasteiger partial charge in [0.15, 0.2) is 23.2 Å². The van der Waals surface area contributed by atoms with Gasteiger partial charge in [-0.2, -0.15) is 0 Å². The maximum atomic E-state index is 12.3. The minimum Gasteiger partial charge on any atom is -0.493 e. The fraction of sp³-hybridized carbons (Fsp3) is 0.154. The quantitative estimate of drug-likeness (QED) is 0.359. The average molecular weight is 461 g/mol. The summed E-state index contributed by atoms with van der Waals surface area (Å²) in [6, 6.07) is 21.6. The minimum atomic E-state index is -0.272. The van der Waals surface area contributed by atoms with Crippen LogP contribution in [0.5, 0.6) is 17.2 Å². The van der Waals surface area contributed by atoms with Crippen LogP contribution in [0.1, 0.15) is 5.56 Å². The molecule has 0 aliphatic carbocycles. The Hall–Kier alpha value is -3.84. The molecule has 3 aromatic carbocycles. The van der Waals surface area contributed by atoms with Gasteiger partial charge in [0.1, 0.15) is 5.75 Å². The second kappa shape index (κ2) is 10.2. The van der Waals surface area contributed by atoms with E-state index < -0.39 is 0 Å². The van der Waals surface area contributed by atoms with Crippen LogP contribution in [0.3, 0.4) is 0 Å². The van der Waals surface area contributed by atoms with Crippen molar-refractivity contribution in [3.05, 3.63) is 77.7 Å². The summed E-state index contributed by atoms with van der Waals surface area (Å²) in [5.41, 5.74) is 5.07. The lowest BCUT2D eigenvalue weighted by molar-refractivity contribution is -0.118. The number of thiazole rings is 1. The number of hydrogen-bond acceptors (Lipinski definition) is 6. The van der Waals surface area contributed by atoms with Crippen LogP contribution in [-0.4, -0.2) is 31.7 Å². The van der Waals surface area contributed by atoms with Crippen LogP contribution in [-0.2, 0) is 4.79 Å². The molecule has 4 rings (SSSR count). The van der Waals surface area contributed by atoms with Crippen LogP contribution in [0, 0.1) is 6.92 Å². The number of hydrogen-bond donors (Lipinski definition) is 1. The Morgan fingerprint density at radius 2 is 1.52 bits per heavy atom. The normalized spacial score (nSPS) is 10.5. The number of nitrogens with zero attached hydrogens (tertiary/aromatic N) is 1. The lowest BCUT2D eigenvalue weighted by Crippen LogP contribution is -2.20. The van der Waals surface area contributed by atoms with Crippen molar-refractivity contribution in [3.63, 3.8) is 0 Å². The summed E-state index contributed by atoms with van der Waals surface area (Å²) in [6.45, 7) is 1.96. The molecule has 6 nitrogen and oxygen atoms in total. The number of methoxy groups -OCH3 is 2. The highest BCUT2D eigenvalue weighted by Crippen LogP contribution is 2.33. The zero-order valence-corrected chi connectivity index (χ0v) is 19.4. The first-order chi connectivity index (χ1) is 16.1. The summed E-state index contributed by atoms with van der Waals surface area (Å²) < 4.78 is 16.2. The van der Waals surface area contributed by atoms with Crippen molar-refractivity contribution < 1.29 is 19.0 Å². The number of nitrogens with one attached hydrogen (secondary N) is 1. The number of carbonyl (C=O) groups excluding carboxylic acids is 1. The molecule has 33 heavy (non-hydrogen) atoms. The average Bonchev–Trinajstić information content (AvgIpc) is 3.31. The van der Waals surface area contributed by atoms with Crippen molar-refractivity contribution in [1.29, 1.82) is 0 Å². The van der Waals surface area contributed by atoms with Gasteiger partial charge in [-0.3, -0.25) is 10.1 Å². The van der Waals surface area contributed by atoms with E-state index in [0.717, 1.165) is 22.4 Å². The van der Waals surface area contributed by atoms with Gasteiger partial charge in [0.25, 0.3) is 5.91 Å². The Balaban J connectivity index is 1.33. The summed E-state index contributed by atoms with van der Waals surface area (Å²) >= 11 is 1.35. The number of aromatic nitrogens is 1.